The Kier molecular flexibility index (Phi) is 4.86. The molecule has 4 nitrogen and oxygen atoms in total. The van der Waals surface area contributed by atoms with E-state index >= 15 is 0 Å². The van der Waals surface area contributed by atoms with Gasteiger partial charge in [-0.3, -0.25) is 4.79 Å². The molecule has 1 aromatic heterocycles. The molecule has 2 aromatic carbocycles. The third kappa shape index (κ3) is 4.17. The Bertz CT molecular complexity index is 846. The van der Waals surface area contributed by atoms with Crippen LogP contribution in [0.3, 0.4) is 0 Å². The van der Waals surface area contributed by atoms with E-state index in [1.807, 2.05) is 24.4 Å². The van der Waals surface area contributed by atoms with Crippen LogP contribution in [0.1, 0.15) is 5.69 Å². The predicted molar refractivity (Wildman–Crippen MR) is 92.8 cm³/mol. The fourth-order valence-electron chi connectivity index (χ4n) is 2.09. The SMILES string of the molecule is Cc1csc(-c2ccc(OCC(=O)Nc3cccc(F)c3)cc2)n1. The second-order valence-electron chi connectivity index (χ2n) is 5.17. The summed E-state index contributed by atoms with van der Waals surface area (Å²) in [5.74, 6) is -0.164. The van der Waals surface area contributed by atoms with Crippen LogP contribution in [0.2, 0.25) is 0 Å². The molecule has 0 fully saturated rings. The number of halogens is 1. The first-order valence-corrected chi connectivity index (χ1v) is 8.19. The lowest BCUT2D eigenvalue weighted by Gasteiger charge is -2.08. The van der Waals surface area contributed by atoms with E-state index in [0.717, 1.165) is 16.3 Å². The Hall–Kier alpha value is -2.73. The maximum Gasteiger partial charge on any atom is 0.262 e. The molecule has 0 aliphatic rings. The quantitative estimate of drug-likeness (QED) is 0.753. The van der Waals surface area contributed by atoms with Gasteiger partial charge in [0.2, 0.25) is 0 Å². The minimum Gasteiger partial charge on any atom is -0.484 e. The van der Waals surface area contributed by atoms with Gasteiger partial charge in [-0.05, 0) is 49.4 Å². The first-order chi connectivity index (χ1) is 11.6. The summed E-state index contributed by atoms with van der Waals surface area (Å²) in [6.45, 7) is 1.81. The minimum absolute atomic E-state index is 0.147. The smallest absolute Gasteiger partial charge is 0.262 e. The zero-order chi connectivity index (χ0) is 16.9. The van der Waals surface area contributed by atoms with Crippen molar-refractivity contribution < 1.29 is 13.9 Å². The molecule has 0 radical (unpaired) electrons. The molecule has 3 rings (SSSR count). The molecule has 122 valence electrons. The average molecular weight is 342 g/mol. The van der Waals surface area contributed by atoms with Gasteiger partial charge in [0.25, 0.3) is 5.91 Å². The summed E-state index contributed by atoms with van der Waals surface area (Å²) in [7, 11) is 0. The van der Waals surface area contributed by atoms with Gasteiger partial charge in [-0.25, -0.2) is 9.37 Å². The maximum atomic E-state index is 13.1. The van der Waals surface area contributed by atoms with Crippen LogP contribution in [-0.2, 0) is 4.79 Å². The second-order valence-corrected chi connectivity index (χ2v) is 6.02. The zero-order valence-electron chi connectivity index (χ0n) is 13.0. The Morgan fingerprint density at radius 1 is 1.25 bits per heavy atom. The fourth-order valence-corrected chi connectivity index (χ4v) is 2.90. The van der Waals surface area contributed by atoms with Gasteiger partial charge >= 0.3 is 0 Å². The van der Waals surface area contributed by atoms with E-state index in [4.69, 9.17) is 4.74 Å². The number of amides is 1. The van der Waals surface area contributed by atoms with Crippen molar-refractivity contribution in [3.8, 4) is 16.3 Å². The molecule has 6 heteroatoms. The van der Waals surface area contributed by atoms with Gasteiger partial charge in [0, 0.05) is 22.3 Å². The number of carbonyl (C=O) groups is 1. The normalized spacial score (nSPS) is 10.4. The lowest BCUT2D eigenvalue weighted by Crippen LogP contribution is -2.20. The van der Waals surface area contributed by atoms with E-state index in [2.05, 4.69) is 10.3 Å². The Labute approximate surface area is 142 Å². The lowest BCUT2D eigenvalue weighted by atomic mass is 10.2. The van der Waals surface area contributed by atoms with Crippen LogP contribution in [-0.4, -0.2) is 17.5 Å². The number of benzene rings is 2. The second kappa shape index (κ2) is 7.23. The number of hydrogen-bond acceptors (Lipinski definition) is 4. The molecule has 0 bridgehead atoms. The third-order valence-electron chi connectivity index (χ3n) is 3.20. The standard InChI is InChI=1S/C18H15FN2O2S/c1-12-11-24-18(20-12)13-5-7-16(8-6-13)23-10-17(22)21-15-4-2-3-14(19)9-15/h2-9,11H,10H2,1H3,(H,21,22). The van der Waals surface area contributed by atoms with E-state index in [9.17, 15) is 9.18 Å². The highest BCUT2D eigenvalue weighted by Crippen LogP contribution is 2.25. The number of nitrogens with one attached hydrogen (secondary N) is 1. The number of carbonyl (C=O) groups excluding carboxylic acids is 1. The molecule has 1 N–H and O–H groups in total. The molecule has 1 amide bonds. The molecule has 0 atom stereocenters. The van der Waals surface area contributed by atoms with E-state index in [-0.39, 0.29) is 12.5 Å². The summed E-state index contributed by atoms with van der Waals surface area (Å²) in [4.78, 5) is 16.2. The summed E-state index contributed by atoms with van der Waals surface area (Å²) in [5, 5.41) is 5.52. The van der Waals surface area contributed by atoms with Crippen LogP contribution in [0.4, 0.5) is 10.1 Å². The van der Waals surface area contributed by atoms with E-state index < -0.39 is 5.82 Å². The maximum absolute atomic E-state index is 13.1. The van der Waals surface area contributed by atoms with Gasteiger partial charge in [-0.1, -0.05) is 6.07 Å². The largest absolute Gasteiger partial charge is 0.484 e. The van der Waals surface area contributed by atoms with Crippen molar-refractivity contribution in [1.82, 2.24) is 4.98 Å². The third-order valence-corrected chi connectivity index (χ3v) is 4.21. The van der Waals surface area contributed by atoms with Crippen molar-refractivity contribution in [2.45, 2.75) is 6.92 Å². The van der Waals surface area contributed by atoms with Crippen LogP contribution in [0.15, 0.2) is 53.9 Å². The average Bonchev–Trinajstić information content (AvgIpc) is 3.00. The van der Waals surface area contributed by atoms with Gasteiger partial charge in [0.15, 0.2) is 6.61 Å². The first-order valence-electron chi connectivity index (χ1n) is 7.31. The number of rotatable bonds is 5. The molecule has 0 aliphatic carbocycles. The summed E-state index contributed by atoms with van der Waals surface area (Å²) >= 11 is 1.58. The van der Waals surface area contributed by atoms with Crippen molar-refractivity contribution in [3.63, 3.8) is 0 Å². The summed E-state index contributed by atoms with van der Waals surface area (Å²) in [5.41, 5.74) is 2.40. The van der Waals surface area contributed by atoms with Gasteiger partial charge in [0.1, 0.15) is 16.6 Å². The summed E-state index contributed by atoms with van der Waals surface area (Å²) < 4.78 is 18.5. The summed E-state index contributed by atoms with van der Waals surface area (Å²) in [6, 6.07) is 13.1. The highest BCUT2D eigenvalue weighted by Gasteiger charge is 2.06. The van der Waals surface area contributed by atoms with Crippen molar-refractivity contribution >= 4 is 22.9 Å². The van der Waals surface area contributed by atoms with E-state index in [1.54, 1.807) is 29.5 Å². The molecule has 0 aliphatic heterocycles. The molecular formula is C18H15FN2O2S. The summed E-state index contributed by atoms with van der Waals surface area (Å²) in [6.07, 6.45) is 0. The molecular weight excluding hydrogens is 327 g/mol. The Morgan fingerprint density at radius 2 is 2.04 bits per heavy atom. The highest BCUT2D eigenvalue weighted by atomic mass is 32.1. The Balaban J connectivity index is 1.55. The number of aryl methyl sites for hydroxylation is 1. The van der Waals surface area contributed by atoms with Crippen molar-refractivity contribution in [2.75, 3.05) is 11.9 Å². The van der Waals surface area contributed by atoms with Crippen LogP contribution >= 0.6 is 11.3 Å². The number of aromatic nitrogens is 1. The lowest BCUT2D eigenvalue weighted by molar-refractivity contribution is -0.118. The fraction of sp³-hybridized carbons (Fsp3) is 0.111. The molecule has 1 heterocycles. The van der Waals surface area contributed by atoms with Gasteiger partial charge < -0.3 is 10.1 Å². The predicted octanol–water partition coefficient (Wildman–Crippen LogP) is 4.28. The molecule has 3 aromatic rings. The van der Waals surface area contributed by atoms with Gasteiger partial charge in [-0.2, -0.15) is 0 Å². The van der Waals surface area contributed by atoms with Crippen LogP contribution < -0.4 is 10.1 Å². The van der Waals surface area contributed by atoms with Crippen molar-refractivity contribution in [1.29, 1.82) is 0 Å². The van der Waals surface area contributed by atoms with Crippen LogP contribution in [0.5, 0.6) is 5.75 Å². The molecule has 0 unspecified atom stereocenters. The Morgan fingerprint density at radius 3 is 2.71 bits per heavy atom. The highest BCUT2D eigenvalue weighted by molar-refractivity contribution is 7.13. The van der Waals surface area contributed by atoms with Gasteiger partial charge in [0.05, 0.1) is 0 Å². The van der Waals surface area contributed by atoms with Crippen LogP contribution in [0, 0.1) is 12.7 Å². The van der Waals surface area contributed by atoms with Crippen molar-refractivity contribution in [3.05, 3.63) is 65.4 Å². The number of hydrogen-bond donors (Lipinski definition) is 1. The first kappa shape index (κ1) is 16.1. The number of nitrogens with zero attached hydrogens (tertiary/aromatic N) is 1. The molecule has 0 spiro atoms. The van der Waals surface area contributed by atoms with Crippen LogP contribution in [0.25, 0.3) is 10.6 Å². The topological polar surface area (TPSA) is 51.2 Å². The molecule has 0 saturated heterocycles. The van der Waals surface area contributed by atoms with E-state index in [1.165, 1.54) is 18.2 Å². The van der Waals surface area contributed by atoms with E-state index in [0.29, 0.717) is 11.4 Å². The van der Waals surface area contributed by atoms with Crippen molar-refractivity contribution in [2.24, 2.45) is 0 Å². The van der Waals surface area contributed by atoms with Gasteiger partial charge in [-0.15, -0.1) is 11.3 Å². The number of ether oxygens (including phenoxy) is 1. The number of anilines is 1. The number of thiazole rings is 1. The molecule has 24 heavy (non-hydrogen) atoms. The molecule has 0 saturated carbocycles. The minimum atomic E-state index is -0.401. The zero-order valence-corrected chi connectivity index (χ0v) is 13.8. The monoisotopic (exact) mass is 342 g/mol.